The van der Waals surface area contributed by atoms with Gasteiger partial charge in [-0.15, -0.1) is 6.58 Å². The van der Waals surface area contributed by atoms with E-state index in [9.17, 15) is 24.6 Å². The number of carbonyl (C=O) groups excluding carboxylic acids is 3. The van der Waals surface area contributed by atoms with Crippen molar-refractivity contribution in [2.24, 2.45) is 11.8 Å². The monoisotopic (exact) mass is 590 g/mol. The molecule has 0 spiro atoms. The Morgan fingerprint density at radius 2 is 1.80 bits per heavy atom. The van der Waals surface area contributed by atoms with Gasteiger partial charge < -0.3 is 39.4 Å². The van der Waals surface area contributed by atoms with Crippen LogP contribution in [-0.4, -0.2) is 107 Å². The van der Waals surface area contributed by atoms with Gasteiger partial charge in [0.2, 0.25) is 11.5 Å². The normalized spacial score (nSPS) is 41.0. The first kappa shape index (κ1) is 34.6. The molecular formula is C28H47ClN2O9. The summed E-state index contributed by atoms with van der Waals surface area (Å²) in [4.78, 5) is 41.4. The van der Waals surface area contributed by atoms with E-state index in [1.54, 1.807) is 13.0 Å². The lowest BCUT2D eigenvalue weighted by Crippen LogP contribution is -2.58. The molecule has 0 saturated carbocycles. The molecule has 0 aliphatic carbocycles. The molecule has 0 aromatic heterocycles. The fraction of sp³-hybridized carbons (Fsp3) is 0.821. The fourth-order valence-corrected chi connectivity index (χ4v) is 5.15. The van der Waals surface area contributed by atoms with Gasteiger partial charge in [-0.25, -0.2) is 0 Å². The molecular weight excluding hydrogens is 544 g/mol. The van der Waals surface area contributed by atoms with Crippen molar-refractivity contribution < 1.29 is 43.5 Å². The molecule has 2 aliphatic rings. The Kier molecular flexibility index (Phi) is 13.0. The van der Waals surface area contributed by atoms with Crippen LogP contribution in [0, 0.1) is 11.8 Å². The summed E-state index contributed by atoms with van der Waals surface area (Å²) in [6.07, 6.45) is -1.05. The molecule has 0 radical (unpaired) electrons. The molecule has 11 nitrogen and oxygen atoms in total. The highest BCUT2D eigenvalue weighted by atomic mass is 35.5. The quantitative estimate of drug-likeness (QED) is 0.181. The van der Waals surface area contributed by atoms with Crippen LogP contribution < -0.4 is 5.32 Å². The minimum absolute atomic E-state index is 0.0865. The number of aliphatic hydroxyl groups excluding tert-OH is 1. The molecule has 7 unspecified atom stereocenters. The zero-order valence-corrected chi connectivity index (χ0v) is 25.4. The van der Waals surface area contributed by atoms with E-state index in [-0.39, 0.29) is 31.6 Å². The lowest BCUT2D eigenvalue weighted by atomic mass is 9.92. The van der Waals surface area contributed by atoms with Gasteiger partial charge in [-0.3, -0.25) is 14.4 Å². The molecule has 2 saturated heterocycles. The first-order valence-corrected chi connectivity index (χ1v) is 14.3. The number of carbonyl (C=O) groups is 3. The number of nitrogens with zero attached hydrogens (tertiary/aromatic N) is 1. The minimum atomic E-state index is -2.13. The maximum atomic E-state index is 13.4. The number of hydrogen-bond acceptors (Lipinski definition) is 10. The van der Waals surface area contributed by atoms with Crippen molar-refractivity contribution in [2.45, 2.75) is 114 Å². The number of ether oxygens (including phenoxy) is 4. The summed E-state index contributed by atoms with van der Waals surface area (Å²) in [6.45, 7) is 11.6. The first-order chi connectivity index (χ1) is 18.6. The van der Waals surface area contributed by atoms with Gasteiger partial charge in [0.15, 0.2) is 6.29 Å². The van der Waals surface area contributed by atoms with Gasteiger partial charge in [-0.05, 0) is 54.6 Å². The molecule has 1 amide bonds. The van der Waals surface area contributed by atoms with E-state index < -0.39 is 71.3 Å². The van der Waals surface area contributed by atoms with Gasteiger partial charge in [-0.2, -0.15) is 0 Å². The molecule has 0 aromatic carbocycles. The van der Waals surface area contributed by atoms with E-state index in [4.69, 9.17) is 30.5 Å². The van der Waals surface area contributed by atoms with Crippen molar-refractivity contribution in [2.75, 3.05) is 20.7 Å². The highest BCUT2D eigenvalue weighted by Gasteiger charge is 2.45. The summed E-state index contributed by atoms with van der Waals surface area (Å²) in [7, 11) is 3.97. The Bertz CT molecular complexity index is 886. The van der Waals surface area contributed by atoms with Crippen molar-refractivity contribution in [1.82, 2.24) is 10.2 Å². The van der Waals surface area contributed by atoms with Crippen molar-refractivity contribution in [3.05, 3.63) is 12.7 Å². The second-order valence-electron chi connectivity index (χ2n) is 11.5. The van der Waals surface area contributed by atoms with Crippen LogP contribution in [0.25, 0.3) is 0 Å². The topological polar surface area (TPSA) is 144 Å². The average molecular weight is 591 g/mol. The van der Waals surface area contributed by atoms with Gasteiger partial charge in [-0.1, -0.05) is 24.6 Å². The Balaban J connectivity index is 2.45. The molecule has 2 aliphatic heterocycles. The van der Waals surface area contributed by atoms with Gasteiger partial charge >= 0.3 is 5.97 Å². The summed E-state index contributed by atoms with van der Waals surface area (Å²) in [6, 6.07) is -0.756. The maximum absolute atomic E-state index is 13.4. The highest BCUT2D eigenvalue weighted by Crippen LogP contribution is 2.30. The summed E-state index contributed by atoms with van der Waals surface area (Å²) in [5.41, 5.74) is -3.82. The van der Waals surface area contributed by atoms with Gasteiger partial charge in [0.05, 0.1) is 31.0 Å². The number of Topliss-reactive ketones (excluding diaryl/α,β-unsaturated/α-hetero) is 1. The Morgan fingerprint density at radius 3 is 2.40 bits per heavy atom. The number of halogens is 1. The van der Waals surface area contributed by atoms with Crippen LogP contribution in [0.2, 0.25) is 0 Å². The molecule has 0 bridgehead atoms. The maximum Gasteiger partial charge on any atom is 0.317 e. The van der Waals surface area contributed by atoms with E-state index in [0.29, 0.717) is 6.42 Å². The van der Waals surface area contributed by atoms with Crippen LogP contribution in [0.1, 0.15) is 60.3 Å². The number of nitrogens with one attached hydrogen (secondary N) is 1. The number of ketones is 1. The number of cyclic esters (lactones) is 1. The molecule has 0 aromatic rings. The van der Waals surface area contributed by atoms with Gasteiger partial charge in [0.1, 0.15) is 23.4 Å². The molecule has 40 heavy (non-hydrogen) atoms. The minimum Gasteiger partial charge on any atom is -0.442 e. The second kappa shape index (κ2) is 15.0. The van der Waals surface area contributed by atoms with Crippen LogP contribution in [0.3, 0.4) is 0 Å². The fourth-order valence-electron chi connectivity index (χ4n) is 4.93. The second-order valence-corrected chi connectivity index (χ2v) is 11.9. The SMILES string of the molecule is C=CCOC1C[C@@H](C)C(=O)NC(C)C(O)[C@](C)(O)[C@@H](Cl)OC(=O)C(C)C(=O)C[C@H]1OC1CC(N(C)C)CC(C)O1. The lowest BCUT2D eigenvalue weighted by molar-refractivity contribution is -0.239. The van der Waals surface area contributed by atoms with Crippen molar-refractivity contribution in [1.29, 1.82) is 0 Å². The van der Waals surface area contributed by atoms with E-state index in [0.717, 1.165) is 6.42 Å². The predicted molar refractivity (Wildman–Crippen MR) is 148 cm³/mol. The molecule has 2 heterocycles. The lowest BCUT2D eigenvalue weighted by Gasteiger charge is -2.39. The third kappa shape index (κ3) is 9.20. The van der Waals surface area contributed by atoms with Crippen LogP contribution in [0.4, 0.5) is 0 Å². The van der Waals surface area contributed by atoms with Crippen LogP contribution >= 0.6 is 11.6 Å². The average Bonchev–Trinajstić information content (AvgIpc) is 2.88. The summed E-state index contributed by atoms with van der Waals surface area (Å²) >= 11 is 6.18. The summed E-state index contributed by atoms with van der Waals surface area (Å²) < 4.78 is 23.7. The molecule has 12 heteroatoms. The smallest absolute Gasteiger partial charge is 0.317 e. The molecule has 11 atom stereocenters. The Morgan fingerprint density at radius 1 is 1.15 bits per heavy atom. The number of aliphatic hydroxyl groups is 2. The van der Waals surface area contributed by atoms with Crippen molar-refractivity contribution in [3.63, 3.8) is 0 Å². The largest absolute Gasteiger partial charge is 0.442 e. The number of hydrogen-bond donors (Lipinski definition) is 3. The number of esters is 1. The van der Waals surface area contributed by atoms with E-state index in [1.165, 1.54) is 20.8 Å². The van der Waals surface area contributed by atoms with E-state index >= 15 is 0 Å². The van der Waals surface area contributed by atoms with Gasteiger partial charge in [0.25, 0.3) is 0 Å². The van der Waals surface area contributed by atoms with Crippen LogP contribution in [0.15, 0.2) is 12.7 Å². The van der Waals surface area contributed by atoms with E-state index in [1.807, 2.05) is 21.0 Å². The third-order valence-corrected chi connectivity index (χ3v) is 8.28. The first-order valence-electron chi connectivity index (χ1n) is 13.9. The van der Waals surface area contributed by atoms with Crippen LogP contribution in [0.5, 0.6) is 0 Å². The van der Waals surface area contributed by atoms with E-state index in [2.05, 4.69) is 16.8 Å². The standard InChI is InChI=1S/C28H47ClN2O9/c1-9-10-37-21-11-15(2)25(34)30-18(5)24(33)28(6,36)27(29)40-26(35)17(4)20(32)14-22(21)39-23-13-19(31(7)8)12-16(3)38-23/h9,15-19,21-24,27,33,36H,1,10-14H2,2-8H3,(H,30,34)/t15-,16?,17?,18?,19?,21?,22-,23?,24?,27+,28+/m1/s1. The predicted octanol–water partition coefficient (Wildman–Crippen LogP) is 1.76. The molecule has 3 N–H and O–H groups in total. The van der Waals surface area contributed by atoms with Crippen molar-refractivity contribution >= 4 is 29.3 Å². The molecule has 230 valence electrons. The Hall–Kier alpha value is -1.60. The summed E-state index contributed by atoms with van der Waals surface area (Å²) in [5.74, 6) is -3.76. The zero-order valence-electron chi connectivity index (χ0n) is 24.7. The molecule has 2 fully saturated rings. The molecule has 2 rings (SSSR count). The van der Waals surface area contributed by atoms with Crippen LogP contribution in [-0.2, 0) is 33.3 Å². The number of rotatable bonds is 6. The van der Waals surface area contributed by atoms with Gasteiger partial charge in [0, 0.05) is 24.8 Å². The number of amides is 1. The summed E-state index contributed by atoms with van der Waals surface area (Å²) in [5, 5.41) is 24.3. The highest BCUT2D eigenvalue weighted by molar-refractivity contribution is 6.21. The van der Waals surface area contributed by atoms with Crippen molar-refractivity contribution in [3.8, 4) is 0 Å². The zero-order chi connectivity index (χ0) is 30.4. The Labute approximate surface area is 242 Å². The third-order valence-electron chi connectivity index (χ3n) is 7.75. The number of alkyl halides is 1.